The maximum Gasteiger partial charge on any atom is 0.407 e. The second-order valence-electron chi connectivity index (χ2n) is 5.11. The minimum absolute atomic E-state index is 0.251. The van der Waals surface area contributed by atoms with Gasteiger partial charge in [-0.1, -0.05) is 42.2 Å². The minimum Gasteiger partial charge on any atom is -0.454 e. The summed E-state index contributed by atoms with van der Waals surface area (Å²) in [6, 6.07) is 15.1. The maximum atomic E-state index is 11.6. The highest BCUT2D eigenvalue weighted by atomic mass is 16.7. The van der Waals surface area contributed by atoms with E-state index in [0.29, 0.717) is 18.7 Å². The first-order valence-electron chi connectivity index (χ1n) is 7.64. The van der Waals surface area contributed by atoms with Gasteiger partial charge in [0.1, 0.15) is 6.61 Å². The Balaban J connectivity index is 1.37. The zero-order valence-electron chi connectivity index (χ0n) is 13.1. The van der Waals surface area contributed by atoms with Gasteiger partial charge in [0.2, 0.25) is 6.79 Å². The zero-order valence-corrected chi connectivity index (χ0v) is 13.1. The molecular weight excluding hydrogens is 306 g/mol. The Morgan fingerprint density at radius 3 is 2.83 bits per heavy atom. The summed E-state index contributed by atoms with van der Waals surface area (Å²) in [5.74, 6) is 7.49. The molecule has 122 valence electrons. The molecule has 1 N–H and O–H groups in total. The van der Waals surface area contributed by atoms with Gasteiger partial charge in [0, 0.05) is 18.5 Å². The molecule has 1 heterocycles. The third kappa shape index (κ3) is 4.43. The molecule has 1 amide bonds. The summed E-state index contributed by atoms with van der Waals surface area (Å²) in [6.45, 7) is 0.946. The minimum atomic E-state index is -0.441. The van der Waals surface area contributed by atoms with Crippen LogP contribution in [0.4, 0.5) is 4.79 Å². The smallest absolute Gasteiger partial charge is 0.407 e. The summed E-state index contributed by atoms with van der Waals surface area (Å²) in [4.78, 5) is 11.6. The van der Waals surface area contributed by atoms with Crippen LogP contribution in [0.3, 0.4) is 0 Å². The van der Waals surface area contributed by atoms with Gasteiger partial charge in [-0.05, 0) is 23.8 Å². The molecule has 0 saturated heterocycles. The number of carbonyl (C=O) groups excluding carboxylic acids is 1. The van der Waals surface area contributed by atoms with Gasteiger partial charge in [-0.25, -0.2) is 4.79 Å². The fourth-order valence-corrected chi connectivity index (χ4v) is 2.14. The molecule has 2 aromatic carbocycles. The van der Waals surface area contributed by atoms with Crippen molar-refractivity contribution in [3.05, 3.63) is 59.7 Å². The monoisotopic (exact) mass is 323 g/mol. The molecule has 24 heavy (non-hydrogen) atoms. The molecular formula is C19H17NO4. The highest BCUT2D eigenvalue weighted by molar-refractivity contribution is 5.67. The largest absolute Gasteiger partial charge is 0.454 e. The van der Waals surface area contributed by atoms with Gasteiger partial charge in [-0.3, -0.25) is 0 Å². The van der Waals surface area contributed by atoms with Gasteiger partial charge in [-0.2, -0.15) is 0 Å². The number of carbonyl (C=O) groups is 1. The second-order valence-corrected chi connectivity index (χ2v) is 5.11. The van der Waals surface area contributed by atoms with Crippen molar-refractivity contribution in [2.45, 2.75) is 13.0 Å². The first kappa shape index (κ1) is 15.8. The maximum absolute atomic E-state index is 11.6. The molecule has 0 atom stereocenters. The summed E-state index contributed by atoms with van der Waals surface area (Å²) in [5.41, 5.74) is 1.81. The van der Waals surface area contributed by atoms with Crippen LogP contribution in [0.25, 0.3) is 0 Å². The number of hydrogen-bond donors (Lipinski definition) is 1. The first-order chi connectivity index (χ1) is 11.8. The molecule has 0 saturated carbocycles. The van der Waals surface area contributed by atoms with Crippen LogP contribution in [0.5, 0.6) is 11.5 Å². The summed E-state index contributed by atoms with van der Waals surface area (Å²) in [5, 5.41) is 2.67. The first-order valence-corrected chi connectivity index (χ1v) is 7.64. The number of nitrogens with one attached hydrogen (secondary N) is 1. The topological polar surface area (TPSA) is 56.8 Å². The van der Waals surface area contributed by atoms with E-state index in [-0.39, 0.29) is 13.4 Å². The highest BCUT2D eigenvalue weighted by Gasteiger charge is 2.12. The van der Waals surface area contributed by atoms with E-state index in [2.05, 4.69) is 17.2 Å². The quantitative estimate of drug-likeness (QED) is 0.694. The van der Waals surface area contributed by atoms with E-state index in [1.165, 1.54) is 0 Å². The summed E-state index contributed by atoms with van der Waals surface area (Å²) < 4.78 is 15.7. The predicted molar refractivity (Wildman–Crippen MR) is 88.7 cm³/mol. The lowest BCUT2D eigenvalue weighted by molar-refractivity contribution is 0.140. The molecule has 3 rings (SSSR count). The Morgan fingerprint density at radius 1 is 1.12 bits per heavy atom. The van der Waals surface area contributed by atoms with E-state index >= 15 is 0 Å². The van der Waals surface area contributed by atoms with Crippen molar-refractivity contribution in [2.24, 2.45) is 0 Å². The number of fused-ring (bicyclic) bond motifs is 1. The number of ether oxygens (including phenoxy) is 3. The fraction of sp³-hybridized carbons (Fsp3) is 0.211. The van der Waals surface area contributed by atoms with Crippen LogP contribution >= 0.6 is 0 Å². The summed E-state index contributed by atoms with van der Waals surface area (Å²) >= 11 is 0. The van der Waals surface area contributed by atoms with Crippen molar-refractivity contribution in [3.8, 4) is 23.3 Å². The lowest BCUT2D eigenvalue weighted by atomic mass is 10.2. The van der Waals surface area contributed by atoms with Crippen molar-refractivity contribution in [1.82, 2.24) is 5.32 Å². The molecule has 0 aromatic heterocycles. The Hall–Kier alpha value is -3.13. The third-order valence-electron chi connectivity index (χ3n) is 3.34. The van der Waals surface area contributed by atoms with Gasteiger partial charge < -0.3 is 19.5 Å². The van der Waals surface area contributed by atoms with Gasteiger partial charge in [0.05, 0.1) is 0 Å². The van der Waals surface area contributed by atoms with Crippen molar-refractivity contribution in [3.63, 3.8) is 0 Å². The molecule has 0 unspecified atom stereocenters. The number of alkyl carbamates (subject to hydrolysis) is 1. The molecule has 0 fully saturated rings. The van der Waals surface area contributed by atoms with E-state index in [4.69, 9.17) is 14.2 Å². The normalized spacial score (nSPS) is 11.3. The third-order valence-corrected chi connectivity index (χ3v) is 3.34. The van der Waals surface area contributed by atoms with E-state index < -0.39 is 6.09 Å². The lowest BCUT2D eigenvalue weighted by Crippen LogP contribution is -2.24. The van der Waals surface area contributed by atoms with E-state index in [1.54, 1.807) is 0 Å². The Bertz CT molecular complexity index is 762. The van der Waals surface area contributed by atoms with Crippen molar-refractivity contribution >= 4 is 6.09 Å². The molecule has 1 aliphatic rings. The van der Waals surface area contributed by atoms with Gasteiger partial charge in [-0.15, -0.1) is 0 Å². The van der Waals surface area contributed by atoms with Crippen molar-refractivity contribution in [2.75, 3.05) is 13.3 Å². The summed E-state index contributed by atoms with van der Waals surface area (Å²) in [7, 11) is 0. The van der Waals surface area contributed by atoms with E-state index in [0.717, 1.165) is 16.9 Å². The average Bonchev–Trinajstić information content (AvgIpc) is 3.08. The average molecular weight is 323 g/mol. The van der Waals surface area contributed by atoms with Crippen LogP contribution in [0.1, 0.15) is 17.5 Å². The Labute approximate surface area is 140 Å². The van der Waals surface area contributed by atoms with Crippen LogP contribution in [0.15, 0.2) is 48.5 Å². The SMILES string of the molecule is O=C(NCCC#Cc1ccc2c(c1)OCO2)OCc1ccccc1. The molecule has 0 bridgehead atoms. The zero-order chi connectivity index (χ0) is 16.6. The van der Waals surface area contributed by atoms with Crippen LogP contribution < -0.4 is 14.8 Å². The van der Waals surface area contributed by atoms with E-state index in [9.17, 15) is 4.79 Å². The van der Waals surface area contributed by atoms with Crippen molar-refractivity contribution in [1.29, 1.82) is 0 Å². The predicted octanol–water partition coefficient (Wildman–Crippen LogP) is 3.08. The van der Waals surface area contributed by atoms with Crippen LogP contribution in [0.2, 0.25) is 0 Å². The molecule has 5 nitrogen and oxygen atoms in total. The highest BCUT2D eigenvalue weighted by Crippen LogP contribution is 2.32. The number of rotatable bonds is 4. The molecule has 1 aliphatic heterocycles. The molecule has 0 aliphatic carbocycles. The molecule has 2 aromatic rings. The van der Waals surface area contributed by atoms with Gasteiger partial charge in [0.15, 0.2) is 11.5 Å². The Morgan fingerprint density at radius 2 is 1.96 bits per heavy atom. The number of benzene rings is 2. The fourth-order valence-electron chi connectivity index (χ4n) is 2.14. The van der Waals surface area contributed by atoms with Gasteiger partial charge >= 0.3 is 6.09 Å². The van der Waals surface area contributed by atoms with Gasteiger partial charge in [0.25, 0.3) is 0 Å². The van der Waals surface area contributed by atoms with Crippen LogP contribution in [-0.2, 0) is 11.3 Å². The molecule has 5 heteroatoms. The standard InChI is InChI=1S/C19H17NO4/c21-19(22-13-16-7-2-1-3-8-16)20-11-5-4-6-15-9-10-17-18(12-15)24-14-23-17/h1-3,7-10,12H,5,11,13-14H2,(H,20,21). The Kier molecular flexibility index (Phi) is 5.21. The van der Waals surface area contributed by atoms with Crippen LogP contribution in [0, 0.1) is 11.8 Å². The number of amides is 1. The lowest BCUT2D eigenvalue weighted by Gasteiger charge is -2.05. The summed E-state index contributed by atoms with van der Waals surface area (Å²) in [6.07, 6.45) is 0.0956. The number of hydrogen-bond acceptors (Lipinski definition) is 4. The van der Waals surface area contributed by atoms with Crippen LogP contribution in [-0.4, -0.2) is 19.4 Å². The molecule has 0 spiro atoms. The molecule has 0 radical (unpaired) electrons. The second kappa shape index (κ2) is 7.93. The van der Waals surface area contributed by atoms with Crippen molar-refractivity contribution < 1.29 is 19.0 Å². The van der Waals surface area contributed by atoms with E-state index in [1.807, 2.05) is 48.5 Å².